The van der Waals surface area contributed by atoms with E-state index in [2.05, 4.69) is 241 Å². The number of anilines is 3. The third-order valence-corrected chi connectivity index (χ3v) is 13.4. The molecule has 0 atom stereocenters. The van der Waals surface area contributed by atoms with Gasteiger partial charge in [0.15, 0.2) is 0 Å². The quantitative estimate of drug-likeness (QED) is 0.149. The highest BCUT2D eigenvalue weighted by molar-refractivity contribution is 6.14. The number of benzene rings is 12. The molecular formula is C64H41NO. The maximum absolute atomic E-state index is 6.33. The Morgan fingerprint density at radius 1 is 0.242 bits per heavy atom. The summed E-state index contributed by atoms with van der Waals surface area (Å²) in [6.45, 7) is 0. The Balaban J connectivity index is 0.902. The summed E-state index contributed by atoms with van der Waals surface area (Å²) < 4.78 is 6.33. The fourth-order valence-electron chi connectivity index (χ4n) is 10.2. The van der Waals surface area contributed by atoms with Gasteiger partial charge in [0.1, 0.15) is 11.2 Å². The van der Waals surface area contributed by atoms with Crippen LogP contribution in [0.25, 0.3) is 110 Å². The van der Waals surface area contributed by atoms with Crippen LogP contribution in [0.1, 0.15) is 0 Å². The first-order chi connectivity index (χ1) is 32.7. The van der Waals surface area contributed by atoms with Gasteiger partial charge >= 0.3 is 0 Å². The second-order valence-electron chi connectivity index (χ2n) is 17.2. The molecule has 0 radical (unpaired) electrons. The fourth-order valence-corrected chi connectivity index (χ4v) is 10.2. The highest BCUT2D eigenvalue weighted by Gasteiger charge is 2.18. The van der Waals surface area contributed by atoms with Crippen molar-refractivity contribution in [1.82, 2.24) is 0 Å². The first-order valence-electron chi connectivity index (χ1n) is 22.6. The van der Waals surface area contributed by atoms with E-state index < -0.39 is 0 Å². The topological polar surface area (TPSA) is 16.4 Å². The molecule has 66 heavy (non-hydrogen) atoms. The number of para-hydroxylation sites is 1. The van der Waals surface area contributed by atoms with Gasteiger partial charge in [-0.3, -0.25) is 0 Å². The zero-order valence-electron chi connectivity index (χ0n) is 36.0. The number of hydrogen-bond donors (Lipinski definition) is 0. The number of rotatable bonds is 7. The van der Waals surface area contributed by atoms with E-state index in [0.29, 0.717) is 0 Å². The van der Waals surface area contributed by atoms with Gasteiger partial charge in [0.05, 0.1) is 0 Å². The van der Waals surface area contributed by atoms with Crippen molar-refractivity contribution in [2.75, 3.05) is 4.90 Å². The molecule has 2 nitrogen and oxygen atoms in total. The molecule has 0 amide bonds. The Morgan fingerprint density at radius 2 is 0.742 bits per heavy atom. The summed E-state index contributed by atoms with van der Waals surface area (Å²) in [6, 6.07) is 90.3. The van der Waals surface area contributed by atoms with Crippen molar-refractivity contribution in [3.05, 3.63) is 249 Å². The smallest absolute Gasteiger partial charge is 0.136 e. The molecule has 2 heteroatoms. The molecule has 13 rings (SSSR count). The maximum atomic E-state index is 6.33. The minimum atomic E-state index is 0.890. The summed E-state index contributed by atoms with van der Waals surface area (Å²) >= 11 is 0. The van der Waals surface area contributed by atoms with Crippen molar-refractivity contribution in [3.8, 4) is 44.5 Å². The molecule has 12 aromatic carbocycles. The third-order valence-electron chi connectivity index (χ3n) is 13.4. The van der Waals surface area contributed by atoms with Crippen LogP contribution in [-0.2, 0) is 0 Å². The zero-order chi connectivity index (χ0) is 43.6. The van der Waals surface area contributed by atoms with Crippen LogP contribution < -0.4 is 4.90 Å². The summed E-state index contributed by atoms with van der Waals surface area (Å²) in [4.78, 5) is 2.38. The van der Waals surface area contributed by atoms with Crippen LogP contribution in [0.15, 0.2) is 253 Å². The van der Waals surface area contributed by atoms with Gasteiger partial charge in [-0.1, -0.05) is 194 Å². The first kappa shape index (κ1) is 37.8. The third kappa shape index (κ3) is 6.42. The molecule has 1 aromatic heterocycles. The SMILES string of the molecule is c1cc(-c2ccc(-c3ccc4c(ccc5ccccc54)c3)cc2)cc(N(c2ccc(-c3cccc4c3ccc3ccccc34)cc2)c2cccc(-c3cccc4oc5ccccc5c34)c2)c1. The van der Waals surface area contributed by atoms with E-state index in [9.17, 15) is 0 Å². The van der Waals surface area contributed by atoms with Crippen LogP contribution in [-0.4, -0.2) is 0 Å². The highest BCUT2D eigenvalue weighted by Crippen LogP contribution is 2.43. The standard InChI is InChI=1S/C64H41NO/c1-3-17-54-44(11-1)29-30-50-39-48(34-37-57(50)54)43-27-25-42(26-28-43)47-13-7-15-52(40-47)65(53-16-8-14-49(41-53)58-21-10-24-63-64(58)61-19-5-6-23-62(61)66-63)51-35-31-46(32-36-51)56-20-9-22-59-55-18-4-2-12-45(55)33-38-60(56)59/h1-41H. The van der Waals surface area contributed by atoms with Crippen LogP contribution in [0.2, 0.25) is 0 Å². The fraction of sp³-hybridized carbons (Fsp3) is 0. The van der Waals surface area contributed by atoms with Gasteiger partial charge in [-0.15, -0.1) is 0 Å². The average Bonchev–Trinajstić information content (AvgIpc) is 3.78. The molecule has 0 N–H and O–H groups in total. The Labute approximate surface area is 382 Å². The van der Waals surface area contributed by atoms with Gasteiger partial charge in [-0.25, -0.2) is 0 Å². The number of furan rings is 1. The normalized spacial score (nSPS) is 11.6. The average molecular weight is 840 g/mol. The van der Waals surface area contributed by atoms with Crippen molar-refractivity contribution in [3.63, 3.8) is 0 Å². The molecule has 0 unspecified atom stereocenters. The molecule has 0 aliphatic carbocycles. The molecule has 0 saturated carbocycles. The van der Waals surface area contributed by atoms with Crippen LogP contribution in [0, 0.1) is 0 Å². The second-order valence-corrected chi connectivity index (χ2v) is 17.2. The van der Waals surface area contributed by atoms with Crippen molar-refractivity contribution in [2.24, 2.45) is 0 Å². The lowest BCUT2D eigenvalue weighted by molar-refractivity contribution is 0.669. The Hall–Kier alpha value is -8.72. The first-order valence-corrected chi connectivity index (χ1v) is 22.6. The van der Waals surface area contributed by atoms with Gasteiger partial charge in [0.25, 0.3) is 0 Å². The second kappa shape index (κ2) is 15.5. The van der Waals surface area contributed by atoms with Crippen molar-refractivity contribution in [2.45, 2.75) is 0 Å². The molecule has 1 heterocycles. The predicted octanol–water partition coefficient (Wildman–Crippen LogP) is 18.3. The molecule has 0 bridgehead atoms. The molecule has 0 fully saturated rings. The van der Waals surface area contributed by atoms with Crippen molar-refractivity contribution >= 4 is 82.1 Å². The molecule has 308 valence electrons. The predicted molar refractivity (Wildman–Crippen MR) is 280 cm³/mol. The number of hydrogen-bond acceptors (Lipinski definition) is 2. The van der Waals surface area contributed by atoms with Gasteiger partial charge < -0.3 is 9.32 Å². The minimum Gasteiger partial charge on any atom is -0.456 e. The summed E-state index contributed by atoms with van der Waals surface area (Å²) in [6.07, 6.45) is 0. The van der Waals surface area contributed by atoms with E-state index >= 15 is 0 Å². The van der Waals surface area contributed by atoms with E-state index in [1.807, 2.05) is 12.1 Å². The van der Waals surface area contributed by atoms with Crippen LogP contribution >= 0.6 is 0 Å². The molecular weight excluding hydrogens is 799 g/mol. The summed E-state index contributed by atoms with van der Waals surface area (Å²) in [5, 5.41) is 12.4. The summed E-state index contributed by atoms with van der Waals surface area (Å²) in [7, 11) is 0. The Bertz CT molecular complexity index is 3990. The summed E-state index contributed by atoms with van der Waals surface area (Å²) in [5.41, 5.74) is 14.4. The molecule has 13 aromatic rings. The monoisotopic (exact) mass is 839 g/mol. The molecule has 0 saturated heterocycles. The Kier molecular flexibility index (Phi) is 8.89. The zero-order valence-corrected chi connectivity index (χ0v) is 36.0. The molecule has 0 aliphatic rings. The lowest BCUT2D eigenvalue weighted by atomic mass is 9.94. The van der Waals surface area contributed by atoms with Gasteiger partial charge in [0.2, 0.25) is 0 Å². The number of fused-ring (bicyclic) bond motifs is 9. The Morgan fingerprint density at radius 3 is 1.52 bits per heavy atom. The van der Waals surface area contributed by atoms with Gasteiger partial charge in [0, 0.05) is 27.8 Å². The minimum absolute atomic E-state index is 0.890. The van der Waals surface area contributed by atoms with E-state index in [1.165, 1.54) is 70.9 Å². The maximum Gasteiger partial charge on any atom is 0.136 e. The van der Waals surface area contributed by atoms with Crippen LogP contribution in [0.4, 0.5) is 17.1 Å². The number of nitrogens with zero attached hydrogens (tertiary/aromatic N) is 1. The summed E-state index contributed by atoms with van der Waals surface area (Å²) in [5.74, 6) is 0. The van der Waals surface area contributed by atoms with E-state index in [-0.39, 0.29) is 0 Å². The lowest BCUT2D eigenvalue weighted by Crippen LogP contribution is -2.10. The molecule has 0 spiro atoms. The van der Waals surface area contributed by atoms with Gasteiger partial charge in [-0.05, 0) is 142 Å². The van der Waals surface area contributed by atoms with Crippen LogP contribution in [0.3, 0.4) is 0 Å². The lowest BCUT2D eigenvalue weighted by Gasteiger charge is -2.27. The van der Waals surface area contributed by atoms with E-state index in [0.717, 1.165) is 55.7 Å². The van der Waals surface area contributed by atoms with Crippen LogP contribution in [0.5, 0.6) is 0 Å². The van der Waals surface area contributed by atoms with E-state index in [1.54, 1.807) is 0 Å². The van der Waals surface area contributed by atoms with Crippen molar-refractivity contribution < 1.29 is 4.42 Å². The molecule has 0 aliphatic heterocycles. The van der Waals surface area contributed by atoms with Crippen molar-refractivity contribution in [1.29, 1.82) is 0 Å². The largest absolute Gasteiger partial charge is 0.456 e. The van der Waals surface area contributed by atoms with E-state index in [4.69, 9.17) is 4.42 Å². The highest BCUT2D eigenvalue weighted by atomic mass is 16.3. The van der Waals surface area contributed by atoms with Gasteiger partial charge in [-0.2, -0.15) is 0 Å².